The standard InChI is InChI=1S/C21H19Cl2N3O3/c22-15-8-7-14(17(23)10-15)11-24-18(27)12-26-19(28)21(25-20(26)29)9-3-5-13-4-1-2-6-16(13)21/h1-2,4,6-8,10H,3,5,9,11-12H2,(H,24,27)(H,25,29)/t21-/m0/s1. The zero-order valence-corrected chi connectivity index (χ0v) is 17.0. The number of hydrogen-bond acceptors (Lipinski definition) is 3. The molecule has 1 heterocycles. The van der Waals surface area contributed by atoms with Gasteiger partial charge in [-0.3, -0.25) is 14.5 Å². The fourth-order valence-corrected chi connectivity index (χ4v) is 4.49. The van der Waals surface area contributed by atoms with Crippen molar-refractivity contribution in [2.45, 2.75) is 31.3 Å². The molecular weight excluding hydrogens is 413 g/mol. The number of nitrogens with one attached hydrogen (secondary N) is 2. The lowest BCUT2D eigenvalue weighted by Crippen LogP contribution is -2.47. The van der Waals surface area contributed by atoms with Crippen LogP contribution >= 0.6 is 23.2 Å². The molecule has 2 aromatic carbocycles. The fraction of sp³-hybridized carbons (Fsp3) is 0.286. The summed E-state index contributed by atoms with van der Waals surface area (Å²) in [5.41, 5.74) is 1.49. The second kappa shape index (κ2) is 7.69. The highest BCUT2D eigenvalue weighted by atomic mass is 35.5. The quantitative estimate of drug-likeness (QED) is 0.728. The molecule has 0 aromatic heterocycles. The third-order valence-electron chi connectivity index (χ3n) is 5.44. The van der Waals surface area contributed by atoms with Gasteiger partial charge >= 0.3 is 6.03 Å². The van der Waals surface area contributed by atoms with E-state index < -0.39 is 17.5 Å². The van der Waals surface area contributed by atoms with E-state index in [2.05, 4.69) is 10.6 Å². The first-order chi connectivity index (χ1) is 13.9. The van der Waals surface area contributed by atoms with Gasteiger partial charge in [-0.05, 0) is 48.1 Å². The molecule has 1 aliphatic heterocycles. The number of nitrogens with zero attached hydrogens (tertiary/aromatic N) is 1. The molecule has 0 saturated carbocycles. The first-order valence-electron chi connectivity index (χ1n) is 9.34. The van der Waals surface area contributed by atoms with Crippen LogP contribution < -0.4 is 10.6 Å². The molecule has 6 nitrogen and oxygen atoms in total. The van der Waals surface area contributed by atoms with E-state index in [4.69, 9.17) is 23.2 Å². The smallest absolute Gasteiger partial charge is 0.325 e. The summed E-state index contributed by atoms with van der Waals surface area (Å²) >= 11 is 12.0. The van der Waals surface area contributed by atoms with E-state index in [9.17, 15) is 14.4 Å². The molecule has 2 N–H and O–H groups in total. The number of carbonyl (C=O) groups excluding carboxylic acids is 3. The van der Waals surface area contributed by atoms with Crippen LogP contribution in [0.25, 0.3) is 0 Å². The molecule has 29 heavy (non-hydrogen) atoms. The molecule has 1 spiro atoms. The number of imide groups is 1. The number of urea groups is 1. The highest BCUT2D eigenvalue weighted by molar-refractivity contribution is 6.35. The Labute approximate surface area is 178 Å². The lowest BCUT2D eigenvalue weighted by molar-refractivity contribution is -0.135. The Morgan fingerprint density at radius 3 is 2.76 bits per heavy atom. The van der Waals surface area contributed by atoms with E-state index in [1.54, 1.807) is 18.2 Å². The Balaban J connectivity index is 1.47. The maximum absolute atomic E-state index is 13.2. The minimum atomic E-state index is -1.08. The minimum Gasteiger partial charge on any atom is -0.350 e. The Morgan fingerprint density at radius 2 is 1.97 bits per heavy atom. The van der Waals surface area contributed by atoms with E-state index in [0.29, 0.717) is 22.0 Å². The number of amides is 4. The normalized spacial score (nSPS) is 20.6. The van der Waals surface area contributed by atoms with Crippen LogP contribution in [0, 0.1) is 0 Å². The second-order valence-electron chi connectivity index (χ2n) is 7.25. The lowest BCUT2D eigenvalue weighted by atomic mass is 9.76. The maximum atomic E-state index is 13.2. The van der Waals surface area contributed by atoms with Crippen LogP contribution in [-0.2, 0) is 28.1 Å². The molecule has 0 unspecified atom stereocenters. The van der Waals surface area contributed by atoms with E-state index in [1.807, 2.05) is 24.3 Å². The molecule has 1 saturated heterocycles. The van der Waals surface area contributed by atoms with Gasteiger partial charge in [0.2, 0.25) is 5.91 Å². The number of rotatable bonds is 4. The van der Waals surface area contributed by atoms with Crippen LogP contribution in [0.3, 0.4) is 0 Å². The predicted molar refractivity (Wildman–Crippen MR) is 110 cm³/mol. The molecule has 1 fully saturated rings. The summed E-state index contributed by atoms with van der Waals surface area (Å²) in [5.74, 6) is -0.824. The minimum absolute atomic E-state index is 0.173. The summed E-state index contributed by atoms with van der Waals surface area (Å²) in [6, 6.07) is 12.1. The largest absolute Gasteiger partial charge is 0.350 e. The lowest BCUT2D eigenvalue weighted by Gasteiger charge is -2.33. The number of fused-ring (bicyclic) bond motifs is 2. The van der Waals surface area contributed by atoms with Crippen molar-refractivity contribution in [3.63, 3.8) is 0 Å². The molecule has 8 heteroatoms. The van der Waals surface area contributed by atoms with Crippen molar-refractivity contribution in [2.24, 2.45) is 0 Å². The topological polar surface area (TPSA) is 78.5 Å². The number of carbonyl (C=O) groups is 3. The fourth-order valence-electron chi connectivity index (χ4n) is 4.01. The summed E-state index contributed by atoms with van der Waals surface area (Å²) in [7, 11) is 0. The van der Waals surface area contributed by atoms with E-state index >= 15 is 0 Å². The number of aryl methyl sites for hydroxylation is 1. The highest BCUT2D eigenvalue weighted by Gasteiger charge is 2.54. The van der Waals surface area contributed by atoms with Gasteiger partial charge < -0.3 is 10.6 Å². The Bertz CT molecular complexity index is 1010. The molecular formula is C21H19Cl2N3O3. The van der Waals surface area contributed by atoms with E-state index in [-0.39, 0.29) is 19.0 Å². The van der Waals surface area contributed by atoms with Gasteiger partial charge in [-0.15, -0.1) is 0 Å². The van der Waals surface area contributed by atoms with E-state index in [0.717, 1.165) is 28.9 Å². The zero-order valence-electron chi connectivity index (χ0n) is 15.5. The van der Waals surface area contributed by atoms with Crippen molar-refractivity contribution in [1.82, 2.24) is 15.5 Å². The average Bonchev–Trinajstić information content (AvgIpc) is 2.92. The van der Waals surface area contributed by atoms with Crippen LogP contribution in [0.15, 0.2) is 42.5 Å². The van der Waals surface area contributed by atoms with Crippen LogP contribution in [-0.4, -0.2) is 29.3 Å². The number of hydrogen-bond donors (Lipinski definition) is 2. The van der Waals surface area contributed by atoms with Gasteiger partial charge in [0.15, 0.2) is 0 Å². The van der Waals surface area contributed by atoms with Crippen LogP contribution in [0.1, 0.15) is 29.5 Å². The van der Waals surface area contributed by atoms with Crippen molar-refractivity contribution in [1.29, 1.82) is 0 Å². The van der Waals surface area contributed by atoms with Crippen molar-refractivity contribution >= 4 is 41.0 Å². The van der Waals surface area contributed by atoms with Crippen molar-refractivity contribution in [3.8, 4) is 0 Å². The Hall–Kier alpha value is -2.57. The predicted octanol–water partition coefficient (Wildman–Crippen LogP) is 3.39. The van der Waals surface area contributed by atoms with Gasteiger partial charge in [0.05, 0.1) is 0 Å². The van der Waals surface area contributed by atoms with Crippen LogP contribution in [0.2, 0.25) is 10.0 Å². The molecule has 2 aromatic rings. The number of halogens is 2. The van der Waals surface area contributed by atoms with Crippen LogP contribution in [0.4, 0.5) is 4.79 Å². The molecule has 1 atom stereocenters. The molecule has 0 radical (unpaired) electrons. The highest BCUT2D eigenvalue weighted by Crippen LogP contribution is 2.39. The van der Waals surface area contributed by atoms with Gasteiger partial charge in [-0.25, -0.2) is 4.79 Å². The first kappa shape index (κ1) is 19.7. The van der Waals surface area contributed by atoms with Crippen LogP contribution in [0.5, 0.6) is 0 Å². The zero-order chi connectivity index (χ0) is 20.6. The molecule has 4 amide bonds. The van der Waals surface area contributed by atoms with Crippen molar-refractivity contribution in [2.75, 3.05) is 6.54 Å². The van der Waals surface area contributed by atoms with Crippen molar-refractivity contribution in [3.05, 3.63) is 69.2 Å². The summed E-state index contributed by atoms with van der Waals surface area (Å²) in [4.78, 5) is 39.1. The third-order valence-corrected chi connectivity index (χ3v) is 6.03. The molecule has 1 aliphatic carbocycles. The summed E-state index contributed by atoms with van der Waals surface area (Å²) in [5, 5.41) is 6.48. The number of benzene rings is 2. The second-order valence-corrected chi connectivity index (χ2v) is 8.09. The van der Waals surface area contributed by atoms with Gasteiger partial charge in [0, 0.05) is 16.6 Å². The van der Waals surface area contributed by atoms with Gasteiger partial charge in [-0.2, -0.15) is 0 Å². The molecule has 4 rings (SSSR count). The third kappa shape index (κ3) is 3.58. The van der Waals surface area contributed by atoms with E-state index in [1.165, 1.54) is 0 Å². The Kier molecular flexibility index (Phi) is 5.23. The monoisotopic (exact) mass is 431 g/mol. The molecule has 150 valence electrons. The first-order valence-corrected chi connectivity index (χ1v) is 10.1. The summed E-state index contributed by atoms with van der Waals surface area (Å²) in [6.45, 7) is -0.174. The molecule has 2 aliphatic rings. The summed E-state index contributed by atoms with van der Waals surface area (Å²) < 4.78 is 0. The van der Waals surface area contributed by atoms with Gasteiger partial charge in [0.25, 0.3) is 5.91 Å². The SMILES string of the molecule is O=C(CN1C(=O)N[C@]2(CCCc3ccccc32)C1=O)NCc1ccc(Cl)cc1Cl. The molecule has 0 bridgehead atoms. The maximum Gasteiger partial charge on any atom is 0.325 e. The van der Waals surface area contributed by atoms with Crippen molar-refractivity contribution < 1.29 is 14.4 Å². The summed E-state index contributed by atoms with van der Waals surface area (Å²) in [6.07, 6.45) is 2.18. The van der Waals surface area contributed by atoms with Gasteiger partial charge in [-0.1, -0.05) is 53.5 Å². The van der Waals surface area contributed by atoms with Gasteiger partial charge in [0.1, 0.15) is 12.1 Å². The Morgan fingerprint density at radius 1 is 1.17 bits per heavy atom. The average molecular weight is 432 g/mol.